The first-order chi connectivity index (χ1) is 10.6. The molecule has 1 saturated heterocycles. The van der Waals surface area contributed by atoms with Crippen LogP contribution in [0.1, 0.15) is 34.9 Å². The second kappa shape index (κ2) is 5.82. The van der Waals surface area contributed by atoms with Gasteiger partial charge in [0.1, 0.15) is 0 Å². The summed E-state index contributed by atoms with van der Waals surface area (Å²) in [5.41, 5.74) is 7.90. The number of benzene rings is 1. The van der Waals surface area contributed by atoms with Crippen LogP contribution in [0.4, 0.5) is 0 Å². The zero-order chi connectivity index (χ0) is 15.7. The molecule has 0 saturated carbocycles. The number of primary amides is 1. The third-order valence-corrected chi connectivity index (χ3v) is 4.39. The fourth-order valence-electron chi connectivity index (χ4n) is 3.18. The number of nitrogens with zero attached hydrogens (tertiary/aromatic N) is 3. The van der Waals surface area contributed by atoms with Crippen LogP contribution in [0, 0.1) is 19.3 Å². The molecule has 2 heterocycles. The molecule has 1 fully saturated rings. The van der Waals surface area contributed by atoms with Gasteiger partial charge in [0.25, 0.3) is 0 Å². The summed E-state index contributed by atoms with van der Waals surface area (Å²) in [6, 6.07) is 5.89. The summed E-state index contributed by atoms with van der Waals surface area (Å²) in [5.74, 6) is 2.29. The van der Waals surface area contributed by atoms with Crippen LogP contribution in [-0.4, -0.2) is 40.2 Å². The van der Waals surface area contributed by atoms with Gasteiger partial charge < -0.3 is 5.73 Å². The van der Waals surface area contributed by atoms with Crippen molar-refractivity contribution in [2.24, 2.45) is 5.73 Å². The molecule has 0 radical (unpaired) electrons. The number of carbonyl (C=O) groups is 1. The van der Waals surface area contributed by atoms with Crippen molar-refractivity contribution in [3.05, 3.63) is 29.5 Å². The van der Waals surface area contributed by atoms with E-state index >= 15 is 0 Å². The molecular weight excluding hydrogens is 276 g/mol. The number of rotatable bonds is 3. The average molecular weight is 296 g/mol. The van der Waals surface area contributed by atoms with E-state index in [1.54, 1.807) is 6.07 Å². The Morgan fingerprint density at radius 3 is 2.82 bits per heavy atom. The molecule has 5 nitrogen and oxygen atoms in total. The Bertz CT molecular complexity index is 748. The van der Waals surface area contributed by atoms with Crippen LogP contribution >= 0.6 is 0 Å². The van der Waals surface area contributed by atoms with E-state index in [0.29, 0.717) is 18.2 Å². The number of amides is 1. The maximum Gasteiger partial charge on any atom is 0.248 e. The highest BCUT2D eigenvalue weighted by atomic mass is 16.1. The van der Waals surface area contributed by atoms with Crippen molar-refractivity contribution in [1.82, 2.24) is 14.7 Å². The summed E-state index contributed by atoms with van der Waals surface area (Å²) in [7, 11) is 0. The number of hydrogen-bond acceptors (Lipinski definition) is 3. The van der Waals surface area contributed by atoms with Gasteiger partial charge in [-0.25, -0.2) is 0 Å². The van der Waals surface area contributed by atoms with Gasteiger partial charge >= 0.3 is 0 Å². The summed E-state index contributed by atoms with van der Waals surface area (Å²) in [4.78, 5) is 13.7. The van der Waals surface area contributed by atoms with Crippen molar-refractivity contribution in [3.8, 4) is 12.3 Å². The van der Waals surface area contributed by atoms with Crippen molar-refractivity contribution >= 4 is 16.8 Å². The molecule has 2 aromatic rings. The molecule has 0 unspecified atom stereocenters. The molecule has 1 aliphatic heterocycles. The van der Waals surface area contributed by atoms with Gasteiger partial charge in [-0.15, -0.1) is 6.42 Å². The smallest absolute Gasteiger partial charge is 0.248 e. The van der Waals surface area contributed by atoms with Crippen LogP contribution < -0.4 is 5.73 Å². The minimum Gasteiger partial charge on any atom is -0.366 e. The monoisotopic (exact) mass is 296 g/mol. The van der Waals surface area contributed by atoms with Gasteiger partial charge in [0, 0.05) is 24.0 Å². The maximum atomic E-state index is 11.4. The standard InChI is InChI=1S/C17H20N4O/c1-3-8-20-9-6-14(7-10-20)21-16-11-13(17(18)22)4-5-15(16)12(2)19-21/h1,4-5,11,14H,6-10H2,2H3,(H2,18,22). The first kappa shape index (κ1) is 14.6. The van der Waals surface area contributed by atoms with Gasteiger partial charge in [0.05, 0.1) is 23.8 Å². The van der Waals surface area contributed by atoms with Crippen LogP contribution in [0.5, 0.6) is 0 Å². The van der Waals surface area contributed by atoms with Crippen molar-refractivity contribution in [2.45, 2.75) is 25.8 Å². The van der Waals surface area contributed by atoms with E-state index < -0.39 is 5.91 Å². The van der Waals surface area contributed by atoms with E-state index in [1.807, 2.05) is 19.1 Å². The molecule has 5 heteroatoms. The van der Waals surface area contributed by atoms with Crippen molar-refractivity contribution in [3.63, 3.8) is 0 Å². The highest BCUT2D eigenvalue weighted by Crippen LogP contribution is 2.28. The van der Waals surface area contributed by atoms with Crippen LogP contribution in [-0.2, 0) is 0 Å². The molecule has 1 aliphatic rings. The van der Waals surface area contributed by atoms with Crippen molar-refractivity contribution in [1.29, 1.82) is 0 Å². The summed E-state index contributed by atoms with van der Waals surface area (Å²) in [6.45, 7) is 4.66. The summed E-state index contributed by atoms with van der Waals surface area (Å²) in [6.07, 6.45) is 7.40. The summed E-state index contributed by atoms with van der Waals surface area (Å²) in [5, 5.41) is 5.77. The number of nitrogens with two attached hydrogens (primary N) is 1. The van der Waals surface area contributed by atoms with Gasteiger partial charge in [0.2, 0.25) is 5.91 Å². The fraction of sp³-hybridized carbons (Fsp3) is 0.412. The van der Waals surface area contributed by atoms with E-state index in [4.69, 9.17) is 17.3 Å². The number of hydrogen-bond donors (Lipinski definition) is 1. The maximum absolute atomic E-state index is 11.4. The van der Waals surface area contributed by atoms with Crippen molar-refractivity contribution in [2.75, 3.05) is 19.6 Å². The Hall–Kier alpha value is -2.32. The first-order valence-electron chi connectivity index (χ1n) is 7.54. The highest BCUT2D eigenvalue weighted by molar-refractivity contribution is 5.97. The lowest BCUT2D eigenvalue weighted by atomic mass is 10.0. The zero-order valence-corrected chi connectivity index (χ0v) is 12.7. The lowest BCUT2D eigenvalue weighted by Gasteiger charge is -2.31. The minimum absolute atomic E-state index is 0.341. The van der Waals surface area contributed by atoms with Gasteiger partial charge in [-0.05, 0) is 31.9 Å². The van der Waals surface area contributed by atoms with Crippen LogP contribution in [0.3, 0.4) is 0 Å². The van der Waals surface area contributed by atoms with E-state index in [-0.39, 0.29) is 0 Å². The predicted octanol–water partition coefficient (Wildman–Crippen LogP) is 1.71. The normalized spacial score (nSPS) is 16.7. The van der Waals surface area contributed by atoms with Crippen LogP contribution in [0.2, 0.25) is 0 Å². The Balaban J connectivity index is 1.92. The molecule has 1 amide bonds. The van der Waals surface area contributed by atoms with Gasteiger partial charge in [0.15, 0.2) is 0 Å². The fourth-order valence-corrected chi connectivity index (χ4v) is 3.18. The molecule has 2 N–H and O–H groups in total. The van der Waals surface area contributed by atoms with E-state index in [9.17, 15) is 4.79 Å². The molecule has 0 atom stereocenters. The SMILES string of the molecule is C#CCN1CCC(n2nc(C)c3ccc(C(N)=O)cc32)CC1. The van der Waals surface area contributed by atoms with Gasteiger partial charge in [-0.1, -0.05) is 12.0 Å². The molecule has 0 aliphatic carbocycles. The van der Waals surface area contributed by atoms with E-state index in [2.05, 4.69) is 15.5 Å². The lowest BCUT2D eigenvalue weighted by molar-refractivity contribution is 0.100. The van der Waals surface area contributed by atoms with Crippen LogP contribution in [0.25, 0.3) is 10.9 Å². The third kappa shape index (κ3) is 2.58. The van der Waals surface area contributed by atoms with E-state index in [0.717, 1.165) is 42.5 Å². The molecule has 1 aromatic heterocycles. The predicted molar refractivity (Wildman–Crippen MR) is 86.5 cm³/mol. The topological polar surface area (TPSA) is 64.2 Å². The Morgan fingerprint density at radius 1 is 1.45 bits per heavy atom. The number of piperidine rings is 1. The number of carbonyl (C=O) groups excluding carboxylic acids is 1. The molecule has 1 aromatic carbocycles. The third-order valence-electron chi connectivity index (χ3n) is 4.39. The Morgan fingerprint density at radius 2 is 2.18 bits per heavy atom. The Labute approximate surface area is 130 Å². The van der Waals surface area contributed by atoms with E-state index in [1.165, 1.54) is 0 Å². The minimum atomic E-state index is -0.406. The number of fused-ring (bicyclic) bond motifs is 1. The molecule has 0 bridgehead atoms. The van der Waals surface area contributed by atoms with Crippen LogP contribution in [0.15, 0.2) is 18.2 Å². The molecular formula is C17H20N4O. The summed E-state index contributed by atoms with van der Waals surface area (Å²) >= 11 is 0. The molecule has 22 heavy (non-hydrogen) atoms. The number of likely N-dealkylation sites (tertiary alicyclic amines) is 1. The second-order valence-corrected chi connectivity index (χ2v) is 5.84. The van der Waals surface area contributed by atoms with Gasteiger partial charge in [-0.3, -0.25) is 14.4 Å². The highest BCUT2D eigenvalue weighted by Gasteiger charge is 2.23. The zero-order valence-electron chi connectivity index (χ0n) is 12.7. The van der Waals surface area contributed by atoms with Gasteiger partial charge in [-0.2, -0.15) is 5.10 Å². The average Bonchev–Trinajstić information content (AvgIpc) is 2.85. The number of aryl methyl sites for hydroxylation is 1. The second-order valence-electron chi connectivity index (χ2n) is 5.84. The largest absolute Gasteiger partial charge is 0.366 e. The lowest BCUT2D eigenvalue weighted by Crippen LogP contribution is -2.35. The first-order valence-corrected chi connectivity index (χ1v) is 7.54. The number of terminal acetylenes is 1. The summed E-state index contributed by atoms with van der Waals surface area (Å²) < 4.78 is 2.06. The Kier molecular flexibility index (Phi) is 3.86. The number of aromatic nitrogens is 2. The molecule has 0 spiro atoms. The quantitative estimate of drug-likeness (QED) is 0.877. The van der Waals surface area contributed by atoms with Crippen molar-refractivity contribution < 1.29 is 4.79 Å². The molecule has 3 rings (SSSR count). The molecule has 114 valence electrons.